The summed E-state index contributed by atoms with van der Waals surface area (Å²) in [5.74, 6) is 1.50. The normalized spacial score (nSPS) is 10.6. The van der Waals surface area contributed by atoms with Crippen LogP contribution in [0.4, 0.5) is 0 Å². The largest absolute Gasteiger partial charge is 0.329 e. The van der Waals surface area contributed by atoms with E-state index in [0.717, 1.165) is 17.1 Å². The van der Waals surface area contributed by atoms with Crippen LogP contribution in [0.15, 0.2) is 48.9 Å². The Kier molecular flexibility index (Phi) is 5.50. The SMILES string of the molecule is Cc1nccn1Cc1cc(-c2cccc(C(C)C)c2)cnn1.Cl. The Hall–Kier alpha value is -2.20. The van der Waals surface area contributed by atoms with Crippen molar-refractivity contribution in [3.05, 3.63) is 66.0 Å². The highest BCUT2D eigenvalue weighted by molar-refractivity contribution is 5.85. The molecule has 0 atom stereocenters. The minimum Gasteiger partial charge on any atom is -0.329 e. The van der Waals surface area contributed by atoms with Gasteiger partial charge in [-0.25, -0.2) is 4.98 Å². The second kappa shape index (κ2) is 7.38. The summed E-state index contributed by atoms with van der Waals surface area (Å²) in [5, 5.41) is 8.40. The quantitative estimate of drug-likeness (QED) is 0.719. The number of hydrogen-bond donors (Lipinski definition) is 0. The van der Waals surface area contributed by atoms with Crippen LogP contribution in [0.1, 0.15) is 36.8 Å². The molecule has 0 aliphatic carbocycles. The van der Waals surface area contributed by atoms with Crippen LogP contribution in [0.2, 0.25) is 0 Å². The fourth-order valence-corrected chi connectivity index (χ4v) is 2.47. The smallest absolute Gasteiger partial charge is 0.105 e. The number of aryl methyl sites for hydroxylation is 1. The van der Waals surface area contributed by atoms with Gasteiger partial charge in [-0.15, -0.1) is 12.4 Å². The molecular formula is C18H21ClN4. The molecule has 3 rings (SSSR count). The standard InChI is InChI=1S/C18H20N4.ClH/c1-13(2)15-5-4-6-16(9-15)17-10-18(21-20-11-17)12-22-8-7-19-14(22)3;/h4-11,13H,12H2,1-3H3;1H. The third-order valence-corrected chi connectivity index (χ3v) is 3.85. The van der Waals surface area contributed by atoms with E-state index in [9.17, 15) is 0 Å². The highest BCUT2D eigenvalue weighted by Gasteiger charge is 2.06. The van der Waals surface area contributed by atoms with Crippen LogP contribution < -0.4 is 0 Å². The van der Waals surface area contributed by atoms with E-state index in [-0.39, 0.29) is 12.4 Å². The van der Waals surface area contributed by atoms with E-state index in [2.05, 4.69) is 63.9 Å². The molecule has 0 spiro atoms. The summed E-state index contributed by atoms with van der Waals surface area (Å²) in [6, 6.07) is 10.7. The zero-order valence-corrected chi connectivity index (χ0v) is 14.4. The molecule has 5 heteroatoms. The van der Waals surface area contributed by atoms with Crippen molar-refractivity contribution in [2.75, 3.05) is 0 Å². The Bertz CT molecular complexity index is 780. The molecule has 1 aromatic carbocycles. The molecule has 0 fully saturated rings. The number of hydrogen-bond acceptors (Lipinski definition) is 3. The predicted molar refractivity (Wildman–Crippen MR) is 94.9 cm³/mol. The third-order valence-electron chi connectivity index (χ3n) is 3.85. The van der Waals surface area contributed by atoms with Crippen molar-refractivity contribution >= 4 is 12.4 Å². The number of imidazole rings is 1. The maximum Gasteiger partial charge on any atom is 0.105 e. The molecule has 0 unspecified atom stereocenters. The predicted octanol–water partition coefficient (Wildman–Crippen LogP) is 4.24. The fraction of sp³-hybridized carbons (Fsp3) is 0.278. The molecule has 3 aromatic rings. The summed E-state index contributed by atoms with van der Waals surface area (Å²) < 4.78 is 2.07. The van der Waals surface area contributed by atoms with Gasteiger partial charge in [0.2, 0.25) is 0 Å². The van der Waals surface area contributed by atoms with Gasteiger partial charge in [-0.05, 0) is 30.0 Å². The first-order valence-corrected chi connectivity index (χ1v) is 7.53. The van der Waals surface area contributed by atoms with Crippen LogP contribution in [0, 0.1) is 6.92 Å². The van der Waals surface area contributed by atoms with Gasteiger partial charge in [0, 0.05) is 18.0 Å². The molecule has 0 radical (unpaired) electrons. The van der Waals surface area contributed by atoms with Crippen molar-refractivity contribution in [1.29, 1.82) is 0 Å². The topological polar surface area (TPSA) is 43.6 Å². The molecule has 0 N–H and O–H groups in total. The van der Waals surface area contributed by atoms with E-state index < -0.39 is 0 Å². The molecule has 2 heterocycles. The van der Waals surface area contributed by atoms with E-state index in [0.29, 0.717) is 12.5 Å². The first-order valence-electron chi connectivity index (χ1n) is 7.53. The lowest BCUT2D eigenvalue weighted by Gasteiger charge is -2.09. The number of aromatic nitrogens is 4. The van der Waals surface area contributed by atoms with Gasteiger partial charge < -0.3 is 4.57 Å². The van der Waals surface area contributed by atoms with E-state index in [4.69, 9.17) is 0 Å². The molecule has 0 saturated carbocycles. The molecule has 0 amide bonds. The van der Waals surface area contributed by atoms with Crippen LogP contribution in [-0.4, -0.2) is 19.7 Å². The van der Waals surface area contributed by atoms with Crippen molar-refractivity contribution in [1.82, 2.24) is 19.7 Å². The highest BCUT2D eigenvalue weighted by atomic mass is 35.5. The molecule has 0 aliphatic rings. The number of halogens is 1. The zero-order chi connectivity index (χ0) is 15.5. The maximum absolute atomic E-state index is 4.24. The van der Waals surface area contributed by atoms with Gasteiger partial charge >= 0.3 is 0 Å². The molecule has 23 heavy (non-hydrogen) atoms. The Morgan fingerprint density at radius 2 is 1.96 bits per heavy atom. The minimum atomic E-state index is 0. The lowest BCUT2D eigenvalue weighted by Crippen LogP contribution is -2.04. The second-order valence-corrected chi connectivity index (χ2v) is 5.82. The van der Waals surface area contributed by atoms with Crippen LogP contribution in [0.25, 0.3) is 11.1 Å². The summed E-state index contributed by atoms with van der Waals surface area (Å²) in [6.45, 7) is 7.09. The Balaban J connectivity index is 0.00000192. The first-order chi connectivity index (χ1) is 10.6. The Morgan fingerprint density at radius 1 is 1.13 bits per heavy atom. The Morgan fingerprint density at radius 3 is 2.65 bits per heavy atom. The van der Waals surface area contributed by atoms with Gasteiger partial charge in [0.15, 0.2) is 0 Å². The molecule has 2 aromatic heterocycles. The molecular weight excluding hydrogens is 308 g/mol. The van der Waals surface area contributed by atoms with Crippen molar-refractivity contribution in [3.63, 3.8) is 0 Å². The molecule has 4 nitrogen and oxygen atoms in total. The maximum atomic E-state index is 4.24. The number of rotatable bonds is 4. The second-order valence-electron chi connectivity index (χ2n) is 5.82. The zero-order valence-electron chi connectivity index (χ0n) is 13.6. The average Bonchev–Trinajstić information content (AvgIpc) is 2.93. The Labute approximate surface area is 143 Å². The summed E-state index contributed by atoms with van der Waals surface area (Å²) in [6.07, 6.45) is 5.59. The first kappa shape index (κ1) is 17.2. The van der Waals surface area contributed by atoms with E-state index in [1.165, 1.54) is 11.1 Å². The fourth-order valence-electron chi connectivity index (χ4n) is 2.47. The monoisotopic (exact) mass is 328 g/mol. The van der Waals surface area contributed by atoms with Gasteiger partial charge in [-0.2, -0.15) is 10.2 Å². The number of benzene rings is 1. The van der Waals surface area contributed by atoms with Gasteiger partial charge in [0.25, 0.3) is 0 Å². The van der Waals surface area contributed by atoms with Gasteiger partial charge in [-0.1, -0.05) is 38.1 Å². The number of nitrogens with zero attached hydrogens (tertiary/aromatic N) is 4. The van der Waals surface area contributed by atoms with Crippen molar-refractivity contribution in [3.8, 4) is 11.1 Å². The van der Waals surface area contributed by atoms with Crippen LogP contribution in [0.3, 0.4) is 0 Å². The van der Waals surface area contributed by atoms with E-state index >= 15 is 0 Å². The molecule has 0 aliphatic heterocycles. The van der Waals surface area contributed by atoms with Gasteiger partial charge in [0.1, 0.15) is 5.82 Å². The van der Waals surface area contributed by atoms with Crippen molar-refractivity contribution < 1.29 is 0 Å². The van der Waals surface area contributed by atoms with E-state index in [1.807, 2.05) is 19.3 Å². The summed E-state index contributed by atoms with van der Waals surface area (Å²) >= 11 is 0. The lowest BCUT2D eigenvalue weighted by atomic mass is 9.98. The van der Waals surface area contributed by atoms with Crippen LogP contribution in [0.5, 0.6) is 0 Å². The molecule has 120 valence electrons. The van der Waals surface area contributed by atoms with Crippen LogP contribution in [-0.2, 0) is 6.54 Å². The van der Waals surface area contributed by atoms with Crippen LogP contribution >= 0.6 is 12.4 Å². The van der Waals surface area contributed by atoms with Gasteiger partial charge in [-0.3, -0.25) is 0 Å². The lowest BCUT2D eigenvalue weighted by molar-refractivity contribution is 0.726. The molecule has 0 bridgehead atoms. The average molecular weight is 329 g/mol. The summed E-state index contributed by atoms with van der Waals surface area (Å²) in [4.78, 5) is 4.24. The van der Waals surface area contributed by atoms with E-state index in [1.54, 1.807) is 6.20 Å². The highest BCUT2D eigenvalue weighted by Crippen LogP contribution is 2.23. The summed E-state index contributed by atoms with van der Waals surface area (Å²) in [7, 11) is 0. The van der Waals surface area contributed by atoms with Crippen molar-refractivity contribution in [2.45, 2.75) is 33.2 Å². The third kappa shape index (κ3) is 3.96. The molecule has 0 saturated heterocycles. The summed E-state index contributed by atoms with van der Waals surface area (Å²) in [5.41, 5.74) is 4.56. The van der Waals surface area contributed by atoms with Crippen molar-refractivity contribution in [2.24, 2.45) is 0 Å². The minimum absolute atomic E-state index is 0. The van der Waals surface area contributed by atoms with Gasteiger partial charge in [0.05, 0.1) is 18.4 Å².